The molecule has 0 fully saturated rings. The Morgan fingerprint density at radius 1 is 0.219 bits per heavy atom. The quantitative estimate of drug-likeness (QED) is 0.129. The lowest BCUT2D eigenvalue weighted by Crippen LogP contribution is -2.14. The second-order valence-corrected chi connectivity index (χ2v) is 15.9. The summed E-state index contributed by atoms with van der Waals surface area (Å²) in [6.45, 7) is 0. The molecule has 0 atom stereocenters. The molecular formula is C60H44N4. The summed E-state index contributed by atoms with van der Waals surface area (Å²) in [5.41, 5.74) is 15.4. The van der Waals surface area contributed by atoms with E-state index < -0.39 is 0 Å². The third-order valence-corrected chi connectivity index (χ3v) is 11.9. The number of nitrogens with zero attached hydrogens (tertiary/aromatic N) is 4. The summed E-state index contributed by atoms with van der Waals surface area (Å²) >= 11 is 0. The van der Waals surface area contributed by atoms with Crippen molar-refractivity contribution < 1.29 is 0 Å². The SMILES string of the molecule is c1ccc(-c2cccc(N(c3ccccc3)c3cccc(N(c4cccc(N(c5ccccc5)c5ccccc5)c4)c4ccc5c(c4)c4ccccc4n5-c4ccccc4)c3)c2)cc1. The normalized spacial score (nSPS) is 11.1. The highest BCUT2D eigenvalue weighted by Gasteiger charge is 2.21. The first-order valence-electron chi connectivity index (χ1n) is 21.8. The fraction of sp³-hybridized carbons (Fsp3) is 0. The average molecular weight is 821 g/mol. The van der Waals surface area contributed by atoms with Crippen LogP contribution in [0.1, 0.15) is 0 Å². The summed E-state index contributed by atoms with van der Waals surface area (Å²) in [6.07, 6.45) is 0. The van der Waals surface area contributed by atoms with Crippen LogP contribution in [0.15, 0.2) is 267 Å². The molecule has 0 aliphatic carbocycles. The van der Waals surface area contributed by atoms with Crippen molar-refractivity contribution in [2.75, 3.05) is 14.7 Å². The van der Waals surface area contributed by atoms with Gasteiger partial charge in [0.05, 0.1) is 11.0 Å². The minimum Gasteiger partial charge on any atom is -0.310 e. The lowest BCUT2D eigenvalue weighted by molar-refractivity contribution is 1.18. The van der Waals surface area contributed by atoms with Crippen LogP contribution >= 0.6 is 0 Å². The molecule has 0 radical (unpaired) electrons. The van der Waals surface area contributed by atoms with Gasteiger partial charge in [0.25, 0.3) is 0 Å². The highest BCUT2D eigenvalue weighted by atomic mass is 15.2. The number of hydrogen-bond donors (Lipinski definition) is 0. The van der Waals surface area contributed by atoms with Crippen molar-refractivity contribution in [1.29, 1.82) is 0 Å². The number of fused-ring (bicyclic) bond motifs is 3. The maximum Gasteiger partial charge on any atom is 0.0542 e. The summed E-state index contributed by atoms with van der Waals surface area (Å²) in [5.74, 6) is 0. The second-order valence-electron chi connectivity index (χ2n) is 15.9. The maximum atomic E-state index is 2.40. The van der Waals surface area contributed by atoms with Crippen LogP contribution in [0.4, 0.5) is 51.2 Å². The highest BCUT2D eigenvalue weighted by molar-refractivity contribution is 6.10. The summed E-state index contributed by atoms with van der Waals surface area (Å²) < 4.78 is 2.37. The van der Waals surface area contributed by atoms with Gasteiger partial charge in [0, 0.05) is 67.6 Å². The van der Waals surface area contributed by atoms with Gasteiger partial charge in [-0.25, -0.2) is 0 Å². The molecule has 0 N–H and O–H groups in total. The highest BCUT2D eigenvalue weighted by Crippen LogP contribution is 2.45. The van der Waals surface area contributed by atoms with E-state index in [0.717, 1.165) is 68.0 Å². The van der Waals surface area contributed by atoms with Crippen LogP contribution in [0.5, 0.6) is 0 Å². The maximum absolute atomic E-state index is 2.40. The van der Waals surface area contributed by atoms with Gasteiger partial charge in [-0.05, 0) is 132 Å². The third-order valence-electron chi connectivity index (χ3n) is 11.9. The number of aromatic nitrogens is 1. The summed E-state index contributed by atoms with van der Waals surface area (Å²) in [7, 11) is 0. The summed E-state index contributed by atoms with van der Waals surface area (Å²) in [5, 5.41) is 2.40. The number of rotatable bonds is 11. The predicted octanol–water partition coefficient (Wildman–Crippen LogP) is 16.9. The van der Waals surface area contributed by atoms with Crippen LogP contribution in [-0.2, 0) is 0 Å². The minimum atomic E-state index is 1.03. The molecule has 0 aliphatic heterocycles. The lowest BCUT2D eigenvalue weighted by Gasteiger charge is -2.31. The molecule has 0 saturated heterocycles. The topological polar surface area (TPSA) is 14.7 Å². The molecule has 10 aromatic carbocycles. The van der Waals surface area contributed by atoms with Gasteiger partial charge >= 0.3 is 0 Å². The lowest BCUT2D eigenvalue weighted by atomic mass is 10.0. The predicted molar refractivity (Wildman–Crippen MR) is 270 cm³/mol. The van der Waals surface area contributed by atoms with E-state index in [-0.39, 0.29) is 0 Å². The van der Waals surface area contributed by atoms with Crippen molar-refractivity contribution >= 4 is 73.0 Å². The summed E-state index contributed by atoms with van der Waals surface area (Å²) in [4.78, 5) is 7.08. The molecular weight excluding hydrogens is 777 g/mol. The second kappa shape index (κ2) is 17.0. The van der Waals surface area contributed by atoms with Crippen molar-refractivity contribution in [2.24, 2.45) is 0 Å². The molecule has 11 aromatic rings. The Morgan fingerprint density at radius 2 is 0.578 bits per heavy atom. The van der Waals surface area contributed by atoms with Gasteiger partial charge in [0.15, 0.2) is 0 Å². The molecule has 1 heterocycles. The van der Waals surface area contributed by atoms with E-state index >= 15 is 0 Å². The molecule has 0 spiro atoms. The van der Waals surface area contributed by atoms with Gasteiger partial charge < -0.3 is 19.3 Å². The van der Waals surface area contributed by atoms with E-state index in [1.54, 1.807) is 0 Å². The molecule has 0 saturated carbocycles. The van der Waals surface area contributed by atoms with Gasteiger partial charge in [-0.15, -0.1) is 0 Å². The van der Waals surface area contributed by atoms with E-state index in [9.17, 15) is 0 Å². The Hall–Kier alpha value is -8.60. The molecule has 64 heavy (non-hydrogen) atoms. The molecule has 304 valence electrons. The van der Waals surface area contributed by atoms with E-state index in [0.29, 0.717) is 0 Å². The van der Waals surface area contributed by atoms with Crippen molar-refractivity contribution in [2.45, 2.75) is 0 Å². The Kier molecular flexibility index (Phi) is 10.2. The van der Waals surface area contributed by atoms with Crippen LogP contribution in [0.25, 0.3) is 38.6 Å². The molecule has 4 nitrogen and oxygen atoms in total. The van der Waals surface area contributed by atoms with E-state index in [2.05, 4.69) is 286 Å². The zero-order valence-corrected chi connectivity index (χ0v) is 35.2. The Bertz CT molecular complexity index is 3290. The number of hydrogen-bond acceptors (Lipinski definition) is 3. The van der Waals surface area contributed by atoms with Crippen LogP contribution in [0.3, 0.4) is 0 Å². The first-order chi connectivity index (χ1) is 31.8. The van der Waals surface area contributed by atoms with Crippen molar-refractivity contribution in [3.63, 3.8) is 0 Å². The molecule has 4 heteroatoms. The van der Waals surface area contributed by atoms with Gasteiger partial charge in [-0.2, -0.15) is 0 Å². The smallest absolute Gasteiger partial charge is 0.0542 e. The molecule has 0 bridgehead atoms. The fourth-order valence-electron chi connectivity index (χ4n) is 9.03. The molecule has 0 unspecified atom stereocenters. The van der Waals surface area contributed by atoms with Crippen LogP contribution in [-0.4, -0.2) is 4.57 Å². The van der Waals surface area contributed by atoms with Gasteiger partial charge in [-0.3, -0.25) is 0 Å². The fourth-order valence-corrected chi connectivity index (χ4v) is 9.03. The average Bonchev–Trinajstić information content (AvgIpc) is 3.70. The van der Waals surface area contributed by atoms with Crippen LogP contribution in [0, 0.1) is 0 Å². The zero-order valence-electron chi connectivity index (χ0n) is 35.2. The molecule has 1 aromatic heterocycles. The molecule has 0 aliphatic rings. The first-order valence-corrected chi connectivity index (χ1v) is 21.8. The van der Waals surface area contributed by atoms with Gasteiger partial charge in [0.2, 0.25) is 0 Å². The largest absolute Gasteiger partial charge is 0.310 e. The van der Waals surface area contributed by atoms with E-state index in [1.165, 1.54) is 21.9 Å². The van der Waals surface area contributed by atoms with Gasteiger partial charge in [0.1, 0.15) is 0 Å². The van der Waals surface area contributed by atoms with Crippen molar-refractivity contribution in [3.05, 3.63) is 267 Å². The van der Waals surface area contributed by atoms with Crippen molar-refractivity contribution in [3.8, 4) is 16.8 Å². The Balaban J connectivity index is 1.11. The van der Waals surface area contributed by atoms with Crippen LogP contribution in [0.2, 0.25) is 0 Å². The zero-order chi connectivity index (χ0) is 42.7. The molecule has 11 rings (SSSR count). The monoisotopic (exact) mass is 820 g/mol. The Labute approximate surface area is 374 Å². The number of anilines is 9. The minimum absolute atomic E-state index is 1.03. The number of benzene rings is 10. The summed E-state index contributed by atoms with van der Waals surface area (Å²) in [6, 6.07) is 95.4. The molecule has 0 amide bonds. The third kappa shape index (κ3) is 7.33. The first kappa shape index (κ1) is 38.3. The number of para-hydroxylation sites is 5. The standard InChI is InChI=1S/C60H44N4/c1-6-21-45(22-7-1)46-23-18-32-51(41-46)62(49-28-12-4-13-29-49)53-34-20-36-55(43-53)63(54-35-19-33-52(42-54)61(47-24-8-2-9-25-47)48-26-10-3-11-27-48)56-39-40-60-58(44-56)57-37-16-17-38-59(57)64(60)50-30-14-5-15-31-50/h1-44H. The van der Waals surface area contributed by atoms with E-state index in [1.807, 2.05) is 0 Å². The van der Waals surface area contributed by atoms with Crippen molar-refractivity contribution in [1.82, 2.24) is 4.57 Å². The van der Waals surface area contributed by atoms with E-state index in [4.69, 9.17) is 0 Å². The Morgan fingerprint density at radius 3 is 1.12 bits per heavy atom. The van der Waals surface area contributed by atoms with Gasteiger partial charge in [-0.1, -0.05) is 146 Å². The van der Waals surface area contributed by atoms with Crippen LogP contribution < -0.4 is 14.7 Å².